The summed E-state index contributed by atoms with van der Waals surface area (Å²) in [5, 5.41) is 0. The van der Waals surface area contributed by atoms with E-state index in [1.54, 1.807) is 6.07 Å². The highest BCUT2D eigenvalue weighted by molar-refractivity contribution is 7.89. The Kier molecular flexibility index (Phi) is 6.23. The first kappa shape index (κ1) is 19.5. The smallest absolute Gasteiger partial charge is 0.244 e. The second kappa shape index (κ2) is 8.63. The average molecular weight is 391 g/mol. The third-order valence-corrected chi connectivity index (χ3v) is 6.14. The molecule has 0 aliphatic heterocycles. The molecule has 6 nitrogen and oxygen atoms in total. The molecule has 0 aromatic heterocycles. The number of hydrogen-bond donors (Lipinski definition) is 1. The predicted molar refractivity (Wildman–Crippen MR) is 103 cm³/mol. The molecule has 0 saturated heterocycles. The van der Waals surface area contributed by atoms with Crippen molar-refractivity contribution in [3.05, 3.63) is 47.5 Å². The molecule has 27 heavy (non-hydrogen) atoms. The van der Waals surface area contributed by atoms with Gasteiger partial charge in [-0.25, -0.2) is 13.1 Å². The van der Waals surface area contributed by atoms with Crippen LogP contribution in [0.15, 0.2) is 41.3 Å². The van der Waals surface area contributed by atoms with E-state index in [1.807, 2.05) is 6.07 Å². The normalized spacial score (nSPS) is 13.7. The van der Waals surface area contributed by atoms with E-state index in [0.29, 0.717) is 5.75 Å². The molecule has 0 heterocycles. The SMILES string of the molecule is COc1ccc(S(=O)(=O)NCCOc2ccc3c(c2)CCCC3)c(OC)c1. The summed E-state index contributed by atoms with van der Waals surface area (Å²) in [5.41, 5.74) is 2.73. The van der Waals surface area contributed by atoms with Crippen LogP contribution in [-0.2, 0) is 22.9 Å². The Hall–Kier alpha value is -2.25. The first-order chi connectivity index (χ1) is 13.0. The number of aryl methyl sites for hydroxylation is 2. The van der Waals surface area contributed by atoms with Crippen LogP contribution in [0, 0.1) is 0 Å². The Labute approximate surface area is 160 Å². The molecule has 0 saturated carbocycles. The molecule has 2 aromatic rings. The summed E-state index contributed by atoms with van der Waals surface area (Å²) in [6, 6.07) is 10.7. The fourth-order valence-corrected chi connectivity index (χ4v) is 4.38. The molecular formula is C20H25NO5S. The van der Waals surface area contributed by atoms with Crippen molar-refractivity contribution < 1.29 is 22.6 Å². The van der Waals surface area contributed by atoms with E-state index in [2.05, 4.69) is 16.9 Å². The van der Waals surface area contributed by atoms with Crippen LogP contribution in [-0.4, -0.2) is 35.8 Å². The van der Waals surface area contributed by atoms with Gasteiger partial charge in [0.15, 0.2) is 0 Å². The van der Waals surface area contributed by atoms with Crippen LogP contribution in [0.3, 0.4) is 0 Å². The number of rotatable bonds is 8. The molecule has 1 N–H and O–H groups in total. The summed E-state index contributed by atoms with van der Waals surface area (Å²) >= 11 is 0. The monoisotopic (exact) mass is 391 g/mol. The molecule has 2 aromatic carbocycles. The Bertz CT molecular complexity index is 895. The van der Waals surface area contributed by atoms with Crippen molar-refractivity contribution in [2.45, 2.75) is 30.6 Å². The number of sulfonamides is 1. The maximum absolute atomic E-state index is 12.5. The molecule has 146 valence electrons. The Balaban J connectivity index is 1.58. The first-order valence-electron chi connectivity index (χ1n) is 9.00. The van der Waals surface area contributed by atoms with E-state index < -0.39 is 10.0 Å². The van der Waals surface area contributed by atoms with Crippen molar-refractivity contribution in [1.29, 1.82) is 0 Å². The first-order valence-corrected chi connectivity index (χ1v) is 10.5. The fraction of sp³-hybridized carbons (Fsp3) is 0.400. The van der Waals surface area contributed by atoms with E-state index in [4.69, 9.17) is 14.2 Å². The van der Waals surface area contributed by atoms with Crippen LogP contribution in [0.5, 0.6) is 17.2 Å². The molecule has 0 bridgehead atoms. The van der Waals surface area contributed by atoms with Crippen LogP contribution in [0.2, 0.25) is 0 Å². The highest BCUT2D eigenvalue weighted by atomic mass is 32.2. The van der Waals surface area contributed by atoms with Crippen LogP contribution < -0.4 is 18.9 Å². The average Bonchev–Trinajstić information content (AvgIpc) is 2.70. The van der Waals surface area contributed by atoms with Gasteiger partial charge < -0.3 is 14.2 Å². The third kappa shape index (κ3) is 4.73. The highest BCUT2D eigenvalue weighted by Crippen LogP contribution is 2.28. The van der Waals surface area contributed by atoms with Crippen LogP contribution >= 0.6 is 0 Å². The Morgan fingerprint density at radius 2 is 1.67 bits per heavy atom. The lowest BCUT2D eigenvalue weighted by Gasteiger charge is -2.17. The van der Waals surface area contributed by atoms with Crippen molar-refractivity contribution in [1.82, 2.24) is 4.72 Å². The molecule has 3 rings (SSSR count). The molecule has 0 fully saturated rings. The molecule has 0 radical (unpaired) electrons. The lowest BCUT2D eigenvalue weighted by molar-refractivity contribution is 0.322. The number of methoxy groups -OCH3 is 2. The van der Waals surface area contributed by atoms with Gasteiger partial charge in [0.1, 0.15) is 28.8 Å². The zero-order valence-electron chi connectivity index (χ0n) is 15.7. The highest BCUT2D eigenvalue weighted by Gasteiger charge is 2.19. The molecule has 0 atom stereocenters. The summed E-state index contributed by atoms with van der Waals surface area (Å²) in [7, 11) is -0.771. The number of benzene rings is 2. The van der Waals surface area contributed by atoms with Crippen molar-refractivity contribution >= 4 is 10.0 Å². The summed E-state index contributed by atoms with van der Waals surface area (Å²) in [4.78, 5) is 0.0691. The summed E-state index contributed by atoms with van der Waals surface area (Å²) in [6.07, 6.45) is 4.65. The zero-order valence-corrected chi connectivity index (χ0v) is 16.5. The maximum Gasteiger partial charge on any atom is 0.244 e. The van der Waals surface area contributed by atoms with Gasteiger partial charge in [0.25, 0.3) is 0 Å². The summed E-state index contributed by atoms with van der Waals surface area (Å²) < 4.78 is 43.6. The zero-order chi connectivity index (χ0) is 19.3. The van der Waals surface area contributed by atoms with Crippen LogP contribution in [0.1, 0.15) is 24.0 Å². The number of ether oxygens (including phenoxy) is 3. The number of hydrogen-bond acceptors (Lipinski definition) is 5. The van der Waals surface area contributed by atoms with Gasteiger partial charge in [-0.2, -0.15) is 0 Å². The lowest BCUT2D eigenvalue weighted by atomic mass is 9.92. The van der Waals surface area contributed by atoms with Crippen LogP contribution in [0.25, 0.3) is 0 Å². The van der Waals surface area contributed by atoms with E-state index in [0.717, 1.165) is 18.6 Å². The van der Waals surface area contributed by atoms with Crippen molar-refractivity contribution in [3.8, 4) is 17.2 Å². The quantitative estimate of drug-likeness (QED) is 0.701. The van der Waals surface area contributed by atoms with Gasteiger partial charge in [-0.3, -0.25) is 0 Å². The fourth-order valence-electron chi connectivity index (χ4n) is 3.22. The molecule has 0 spiro atoms. The summed E-state index contributed by atoms with van der Waals surface area (Å²) in [6.45, 7) is 0.408. The van der Waals surface area contributed by atoms with E-state index in [1.165, 1.54) is 50.3 Å². The number of nitrogens with one attached hydrogen (secondary N) is 1. The Morgan fingerprint density at radius 1 is 0.926 bits per heavy atom. The standard InChI is InChI=1S/C20H25NO5S/c1-24-17-9-10-20(19(14-17)25-2)27(22,23)21-11-12-26-18-8-7-15-5-3-4-6-16(15)13-18/h7-10,13-14,21H,3-6,11-12H2,1-2H3. The van der Waals surface area contributed by atoms with E-state index in [-0.39, 0.29) is 23.8 Å². The minimum absolute atomic E-state index is 0.0691. The van der Waals surface area contributed by atoms with Gasteiger partial charge in [0, 0.05) is 12.6 Å². The minimum atomic E-state index is -3.71. The van der Waals surface area contributed by atoms with Gasteiger partial charge in [0.2, 0.25) is 10.0 Å². The Morgan fingerprint density at radius 3 is 2.41 bits per heavy atom. The predicted octanol–water partition coefficient (Wildman–Crippen LogP) is 2.94. The third-order valence-electron chi connectivity index (χ3n) is 4.64. The maximum atomic E-state index is 12.5. The van der Waals surface area contributed by atoms with Crippen molar-refractivity contribution in [3.63, 3.8) is 0 Å². The lowest BCUT2D eigenvalue weighted by Crippen LogP contribution is -2.28. The molecule has 1 aliphatic rings. The molecule has 0 unspecified atom stereocenters. The van der Waals surface area contributed by atoms with Gasteiger partial charge in [-0.1, -0.05) is 6.07 Å². The van der Waals surface area contributed by atoms with Gasteiger partial charge in [-0.15, -0.1) is 0 Å². The van der Waals surface area contributed by atoms with E-state index in [9.17, 15) is 8.42 Å². The molecule has 0 amide bonds. The van der Waals surface area contributed by atoms with E-state index >= 15 is 0 Å². The molecule has 1 aliphatic carbocycles. The summed E-state index contributed by atoms with van der Waals surface area (Å²) in [5.74, 6) is 1.54. The van der Waals surface area contributed by atoms with Crippen molar-refractivity contribution in [2.75, 3.05) is 27.4 Å². The molecular weight excluding hydrogens is 366 g/mol. The second-order valence-corrected chi connectivity index (χ2v) is 8.14. The van der Waals surface area contributed by atoms with Gasteiger partial charge >= 0.3 is 0 Å². The topological polar surface area (TPSA) is 73.9 Å². The van der Waals surface area contributed by atoms with Gasteiger partial charge in [0.05, 0.1) is 14.2 Å². The van der Waals surface area contributed by atoms with Crippen molar-refractivity contribution in [2.24, 2.45) is 0 Å². The molecule has 7 heteroatoms. The second-order valence-electron chi connectivity index (χ2n) is 6.40. The number of fused-ring (bicyclic) bond motifs is 1. The minimum Gasteiger partial charge on any atom is -0.497 e. The van der Waals surface area contributed by atoms with Gasteiger partial charge in [-0.05, 0) is 61.1 Å². The largest absolute Gasteiger partial charge is 0.497 e. The van der Waals surface area contributed by atoms with Crippen LogP contribution in [0.4, 0.5) is 0 Å².